The summed E-state index contributed by atoms with van der Waals surface area (Å²) in [5, 5.41) is 0. The Morgan fingerprint density at radius 3 is 1.93 bits per heavy atom. The van der Waals surface area contributed by atoms with E-state index in [4.69, 9.17) is 0 Å². The van der Waals surface area contributed by atoms with Gasteiger partial charge in [0.05, 0.1) is 0 Å². The molecule has 3 aromatic carbocycles. The van der Waals surface area contributed by atoms with Crippen LogP contribution >= 0.6 is 0 Å². The van der Waals surface area contributed by atoms with E-state index < -0.39 is 0 Å². The first-order valence-electron chi connectivity index (χ1n) is 14.9. The van der Waals surface area contributed by atoms with Crippen molar-refractivity contribution in [3.05, 3.63) is 156 Å². The summed E-state index contributed by atoms with van der Waals surface area (Å²) in [4.78, 5) is 2.43. The van der Waals surface area contributed by atoms with Crippen molar-refractivity contribution in [3.63, 3.8) is 0 Å². The molecule has 3 rings (SSSR count). The second-order valence-electron chi connectivity index (χ2n) is 10.7. The molecule has 0 saturated carbocycles. The zero-order valence-electron chi connectivity index (χ0n) is 26.0. The SMILES string of the molecule is C=C(/C=C(\C(=C/C)CCCCC)N(C(/C=C\C)=C(\C)C=C(C)C)c1ccc(-c2ccccc2)cc1)c1ccccc1. The molecule has 0 saturated heterocycles. The topological polar surface area (TPSA) is 3.24 Å². The highest BCUT2D eigenvalue weighted by molar-refractivity contribution is 5.78. The van der Waals surface area contributed by atoms with Crippen LogP contribution in [0.4, 0.5) is 5.69 Å². The largest absolute Gasteiger partial charge is 0.310 e. The fourth-order valence-corrected chi connectivity index (χ4v) is 5.08. The van der Waals surface area contributed by atoms with Crippen LogP contribution in [-0.4, -0.2) is 0 Å². The van der Waals surface area contributed by atoms with Crippen molar-refractivity contribution in [3.8, 4) is 11.1 Å². The molecule has 0 atom stereocenters. The summed E-state index contributed by atoms with van der Waals surface area (Å²) in [6.45, 7) is 17.6. The highest BCUT2D eigenvalue weighted by Gasteiger charge is 2.21. The van der Waals surface area contributed by atoms with Crippen LogP contribution in [0.25, 0.3) is 16.7 Å². The Morgan fingerprint density at radius 1 is 0.756 bits per heavy atom. The summed E-state index contributed by atoms with van der Waals surface area (Å²) < 4.78 is 0. The van der Waals surface area contributed by atoms with Gasteiger partial charge in [-0.1, -0.05) is 123 Å². The molecule has 212 valence electrons. The molecular weight excluding hydrogens is 494 g/mol. The first-order chi connectivity index (χ1) is 19.9. The number of benzene rings is 3. The lowest BCUT2D eigenvalue weighted by Crippen LogP contribution is -2.24. The lowest BCUT2D eigenvalue weighted by Gasteiger charge is -2.32. The summed E-state index contributed by atoms with van der Waals surface area (Å²) >= 11 is 0. The maximum atomic E-state index is 4.53. The van der Waals surface area contributed by atoms with Crippen molar-refractivity contribution in [1.29, 1.82) is 0 Å². The molecule has 0 fully saturated rings. The van der Waals surface area contributed by atoms with Gasteiger partial charge in [-0.3, -0.25) is 0 Å². The molecule has 0 aliphatic rings. The smallest absolute Gasteiger partial charge is 0.0496 e. The Bertz CT molecular complexity index is 1410. The van der Waals surface area contributed by atoms with Crippen LogP contribution in [0.3, 0.4) is 0 Å². The molecule has 0 bridgehead atoms. The number of nitrogens with zero attached hydrogens (tertiary/aromatic N) is 1. The van der Waals surface area contributed by atoms with Crippen LogP contribution in [0, 0.1) is 0 Å². The molecule has 0 aliphatic heterocycles. The highest BCUT2D eigenvalue weighted by Crippen LogP contribution is 2.36. The molecule has 0 heterocycles. The van der Waals surface area contributed by atoms with Crippen molar-refractivity contribution in [2.24, 2.45) is 0 Å². The second-order valence-corrected chi connectivity index (χ2v) is 10.7. The van der Waals surface area contributed by atoms with Gasteiger partial charge in [0.25, 0.3) is 0 Å². The molecule has 0 radical (unpaired) electrons. The molecule has 0 amide bonds. The first kappa shape index (κ1) is 31.4. The van der Waals surface area contributed by atoms with Crippen molar-refractivity contribution >= 4 is 11.3 Å². The van der Waals surface area contributed by atoms with Gasteiger partial charge in [-0.2, -0.15) is 0 Å². The molecule has 0 aliphatic carbocycles. The summed E-state index contributed by atoms with van der Waals surface area (Å²) in [6, 6.07) is 30.0. The fraction of sp³-hybridized carbons (Fsp3) is 0.250. The number of hydrogen-bond donors (Lipinski definition) is 0. The number of anilines is 1. The maximum absolute atomic E-state index is 4.53. The molecule has 0 N–H and O–H groups in total. The zero-order chi connectivity index (χ0) is 29.6. The van der Waals surface area contributed by atoms with E-state index in [1.165, 1.54) is 46.4 Å². The molecule has 0 spiro atoms. The van der Waals surface area contributed by atoms with Crippen molar-refractivity contribution < 1.29 is 0 Å². The Morgan fingerprint density at radius 2 is 1.37 bits per heavy atom. The maximum Gasteiger partial charge on any atom is 0.0496 e. The standard InChI is InChI=1S/C40H47N/c1-8-11-14-20-34(10-3)40(30-32(6)35-21-15-12-16-22-35)41(39(19-9-2)33(7)29-31(4)5)38-27-25-37(26-28-38)36-23-17-13-18-24-36/h9-10,12-13,15-19,21-30H,6,8,11,14,20H2,1-5,7H3/b19-9-,34-10-,39-33+,40-30+. The molecule has 1 heteroatoms. The summed E-state index contributed by atoms with van der Waals surface area (Å²) in [5.74, 6) is 0. The Balaban J connectivity index is 2.30. The average Bonchev–Trinajstić information content (AvgIpc) is 2.99. The Hall–Kier alpha value is -4.10. The van der Waals surface area contributed by atoms with E-state index in [2.05, 4.69) is 168 Å². The van der Waals surface area contributed by atoms with Gasteiger partial charge in [0.15, 0.2) is 0 Å². The number of hydrogen-bond acceptors (Lipinski definition) is 1. The van der Waals surface area contributed by atoms with E-state index in [0.29, 0.717) is 0 Å². The zero-order valence-corrected chi connectivity index (χ0v) is 26.0. The summed E-state index contributed by atoms with van der Waals surface area (Å²) in [6.07, 6.45) is 15.8. The van der Waals surface area contributed by atoms with Crippen molar-refractivity contribution in [2.75, 3.05) is 4.90 Å². The minimum atomic E-state index is 1.00. The third-order valence-electron chi connectivity index (χ3n) is 7.13. The van der Waals surface area contributed by atoms with E-state index in [-0.39, 0.29) is 0 Å². The van der Waals surface area contributed by atoms with E-state index in [9.17, 15) is 0 Å². The van der Waals surface area contributed by atoms with Crippen LogP contribution in [0.1, 0.15) is 72.8 Å². The number of rotatable bonds is 13. The third-order valence-corrected chi connectivity index (χ3v) is 7.13. The molecular formula is C40H47N. The summed E-state index contributed by atoms with van der Waals surface area (Å²) in [7, 11) is 0. The monoisotopic (exact) mass is 541 g/mol. The van der Waals surface area contributed by atoms with Gasteiger partial charge in [0, 0.05) is 17.1 Å². The fourth-order valence-electron chi connectivity index (χ4n) is 5.08. The minimum absolute atomic E-state index is 1.00. The van der Waals surface area contributed by atoms with E-state index >= 15 is 0 Å². The van der Waals surface area contributed by atoms with Gasteiger partial charge in [-0.05, 0) is 105 Å². The summed E-state index contributed by atoms with van der Waals surface area (Å²) in [5.41, 5.74) is 11.8. The molecule has 0 aromatic heterocycles. The van der Waals surface area contributed by atoms with Gasteiger partial charge in [0.2, 0.25) is 0 Å². The second kappa shape index (κ2) is 16.2. The Kier molecular flexibility index (Phi) is 12.4. The molecule has 0 unspecified atom stereocenters. The van der Waals surface area contributed by atoms with E-state index in [0.717, 1.165) is 35.4 Å². The van der Waals surface area contributed by atoms with Gasteiger partial charge >= 0.3 is 0 Å². The average molecular weight is 542 g/mol. The van der Waals surface area contributed by atoms with E-state index in [1.54, 1.807) is 0 Å². The van der Waals surface area contributed by atoms with Gasteiger partial charge < -0.3 is 4.90 Å². The van der Waals surface area contributed by atoms with Crippen LogP contribution in [0.5, 0.6) is 0 Å². The highest BCUT2D eigenvalue weighted by atomic mass is 15.2. The lowest BCUT2D eigenvalue weighted by atomic mass is 9.97. The molecule has 41 heavy (non-hydrogen) atoms. The van der Waals surface area contributed by atoms with Crippen LogP contribution < -0.4 is 4.90 Å². The normalized spacial score (nSPS) is 12.7. The van der Waals surface area contributed by atoms with Crippen LogP contribution in [0.2, 0.25) is 0 Å². The molecule has 1 nitrogen and oxygen atoms in total. The third kappa shape index (κ3) is 8.95. The van der Waals surface area contributed by atoms with Crippen LogP contribution in [0.15, 0.2) is 150 Å². The van der Waals surface area contributed by atoms with Crippen LogP contribution in [-0.2, 0) is 0 Å². The van der Waals surface area contributed by atoms with Crippen molar-refractivity contribution in [2.45, 2.75) is 67.2 Å². The number of allylic oxidation sites excluding steroid dienone is 9. The minimum Gasteiger partial charge on any atom is -0.310 e. The predicted molar refractivity (Wildman–Crippen MR) is 183 cm³/mol. The van der Waals surface area contributed by atoms with Gasteiger partial charge in [-0.15, -0.1) is 0 Å². The lowest BCUT2D eigenvalue weighted by molar-refractivity contribution is 0.713. The number of unbranched alkanes of at least 4 members (excludes halogenated alkanes) is 2. The van der Waals surface area contributed by atoms with Gasteiger partial charge in [-0.25, -0.2) is 0 Å². The Labute approximate surface area is 249 Å². The van der Waals surface area contributed by atoms with Crippen molar-refractivity contribution in [1.82, 2.24) is 0 Å². The molecule has 3 aromatic rings. The van der Waals surface area contributed by atoms with E-state index in [1.807, 2.05) is 0 Å². The van der Waals surface area contributed by atoms with Gasteiger partial charge in [0.1, 0.15) is 0 Å². The first-order valence-corrected chi connectivity index (χ1v) is 14.9. The quantitative estimate of drug-likeness (QED) is 0.154. The predicted octanol–water partition coefficient (Wildman–Crippen LogP) is 12.1.